The Morgan fingerprint density at radius 2 is 1.88 bits per heavy atom. The molecule has 0 aliphatic rings. The standard InChI is InChI=1S/C13H18N2O2/c1-3-11(10-7-5-4-6-8-10)13(17)15-9(2)12(14)16/h4-9,11H,3H2,1-2H3,(H2,14,16)(H,15,17). The number of carbonyl (C=O) groups is 2. The van der Waals surface area contributed by atoms with Gasteiger partial charge in [0.2, 0.25) is 11.8 Å². The number of nitrogens with two attached hydrogens (primary N) is 1. The van der Waals surface area contributed by atoms with Crippen molar-refractivity contribution in [2.24, 2.45) is 5.73 Å². The summed E-state index contributed by atoms with van der Waals surface area (Å²) in [4.78, 5) is 22.9. The molecule has 0 bridgehead atoms. The molecule has 2 unspecified atom stereocenters. The molecule has 3 N–H and O–H groups in total. The fraction of sp³-hybridized carbons (Fsp3) is 0.385. The summed E-state index contributed by atoms with van der Waals surface area (Å²) in [7, 11) is 0. The van der Waals surface area contributed by atoms with Crippen LogP contribution in [-0.2, 0) is 9.59 Å². The van der Waals surface area contributed by atoms with Crippen LogP contribution in [0.4, 0.5) is 0 Å². The second kappa shape index (κ2) is 6.03. The van der Waals surface area contributed by atoms with E-state index < -0.39 is 11.9 Å². The van der Waals surface area contributed by atoms with Gasteiger partial charge in [-0.25, -0.2) is 0 Å². The number of nitrogens with one attached hydrogen (secondary N) is 1. The molecule has 1 aromatic carbocycles. The quantitative estimate of drug-likeness (QED) is 0.802. The normalized spacial score (nSPS) is 13.8. The second-order valence-electron chi connectivity index (χ2n) is 4.00. The lowest BCUT2D eigenvalue weighted by Gasteiger charge is -2.17. The lowest BCUT2D eigenvalue weighted by Crippen LogP contribution is -2.44. The van der Waals surface area contributed by atoms with Crippen LogP contribution in [-0.4, -0.2) is 17.9 Å². The minimum atomic E-state index is -0.639. The van der Waals surface area contributed by atoms with E-state index in [1.54, 1.807) is 6.92 Å². The summed E-state index contributed by atoms with van der Waals surface area (Å²) in [5.74, 6) is -0.927. The van der Waals surface area contributed by atoms with Crippen LogP contribution in [0.1, 0.15) is 31.7 Å². The third-order valence-electron chi connectivity index (χ3n) is 2.71. The molecule has 2 atom stereocenters. The van der Waals surface area contributed by atoms with E-state index in [1.165, 1.54) is 0 Å². The number of amides is 2. The van der Waals surface area contributed by atoms with Gasteiger partial charge in [-0.3, -0.25) is 9.59 Å². The van der Waals surface area contributed by atoms with E-state index in [1.807, 2.05) is 37.3 Å². The van der Waals surface area contributed by atoms with Crippen molar-refractivity contribution in [2.45, 2.75) is 32.2 Å². The maximum absolute atomic E-state index is 12.0. The number of carbonyl (C=O) groups excluding carboxylic acids is 2. The maximum Gasteiger partial charge on any atom is 0.239 e. The van der Waals surface area contributed by atoms with Crippen LogP contribution in [0.2, 0.25) is 0 Å². The molecule has 0 aromatic heterocycles. The highest BCUT2D eigenvalue weighted by molar-refractivity contribution is 5.89. The van der Waals surface area contributed by atoms with E-state index in [4.69, 9.17) is 5.73 Å². The van der Waals surface area contributed by atoms with Crippen molar-refractivity contribution >= 4 is 11.8 Å². The van der Waals surface area contributed by atoms with Crippen molar-refractivity contribution < 1.29 is 9.59 Å². The largest absolute Gasteiger partial charge is 0.368 e. The Bertz CT molecular complexity index is 390. The molecule has 0 saturated heterocycles. The van der Waals surface area contributed by atoms with Gasteiger partial charge in [-0.1, -0.05) is 37.3 Å². The first-order valence-electron chi connectivity index (χ1n) is 5.71. The van der Waals surface area contributed by atoms with Crippen LogP contribution in [0, 0.1) is 0 Å². The molecule has 0 radical (unpaired) electrons. The lowest BCUT2D eigenvalue weighted by molar-refractivity contribution is -0.127. The van der Waals surface area contributed by atoms with E-state index in [-0.39, 0.29) is 11.8 Å². The highest BCUT2D eigenvalue weighted by atomic mass is 16.2. The molecule has 4 heteroatoms. The molecule has 4 nitrogen and oxygen atoms in total. The third kappa shape index (κ3) is 3.59. The average molecular weight is 234 g/mol. The van der Waals surface area contributed by atoms with Crippen LogP contribution in [0.15, 0.2) is 30.3 Å². The summed E-state index contributed by atoms with van der Waals surface area (Å²) in [6.07, 6.45) is 0.682. The maximum atomic E-state index is 12.0. The zero-order valence-corrected chi connectivity index (χ0v) is 10.1. The van der Waals surface area contributed by atoms with Gasteiger partial charge in [-0.15, -0.1) is 0 Å². The lowest BCUT2D eigenvalue weighted by atomic mass is 9.95. The van der Waals surface area contributed by atoms with Crippen LogP contribution in [0.25, 0.3) is 0 Å². The van der Waals surface area contributed by atoms with Crippen molar-refractivity contribution in [2.75, 3.05) is 0 Å². The molecular formula is C13H18N2O2. The summed E-state index contributed by atoms with van der Waals surface area (Å²) in [6.45, 7) is 3.52. The van der Waals surface area contributed by atoms with Gasteiger partial charge in [0.1, 0.15) is 6.04 Å². The molecular weight excluding hydrogens is 216 g/mol. The zero-order valence-electron chi connectivity index (χ0n) is 10.1. The van der Waals surface area contributed by atoms with Crippen LogP contribution < -0.4 is 11.1 Å². The first-order valence-corrected chi connectivity index (χ1v) is 5.71. The summed E-state index contributed by atoms with van der Waals surface area (Å²) in [6, 6.07) is 8.86. The molecule has 1 aromatic rings. The van der Waals surface area contributed by atoms with Crippen LogP contribution in [0.5, 0.6) is 0 Å². The molecule has 2 amide bonds. The number of primary amides is 1. The first-order chi connectivity index (χ1) is 8.06. The molecule has 92 valence electrons. The highest BCUT2D eigenvalue weighted by Gasteiger charge is 2.21. The predicted molar refractivity (Wildman–Crippen MR) is 66.3 cm³/mol. The van der Waals surface area contributed by atoms with Gasteiger partial charge in [0.05, 0.1) is 5.92 Å². The minimum absolute atomic E-state index is 0.162. The highest BCUT2D eigenvalue weighted by Crippen LogP contribution is 2.19. The van der Waals surface area contributed by atoms with Gasteiger partial charge in [0.25, 0.3) is 0 Å². The molecule has 0 spiro atoms. The van der Waals surface area contributed by atoms with Crippen molar-refractivity contribution in [3.63, 3.8) is 0 Å². The molecule has 0 fully saturated rings. The minimum Gasteiger partial charge on any atom is -0.368 e. The summed E-state index contributed by atoms with van der Waals surface area (Å²) >= 11 is 0. The van der Waals surface area contributed by atoms with Gasteiger partial charge in [0.15, 0.2) is 0 Å². The van der Waals surface area contributed by atoms with Crippen molar-refractivity contribution in [1.29, 1.82) is 0 Å². The average Bonchev–Trinajstić information content (AvgIpc) is 2.31. The monoisotopic (exact) mass is 234 g/mol. The molecule has 0 heterocycles. The van der Waals surface area contributed by atoms with Gasteiger partial charge in [0, 0.05) is 0 Å². The molecule has 0 aliphatic carbocycles. The fourth-order valence-electron chi connectivity index (χ4n) is 1.64. The SMILES string of the molecule is CCC(C(=O)NC(C)C(N)=O)c1ccccc1. The Balaban J connectivity index is 2.75. The molecule has 17 heavy (non-hydrogen) atoms. The number of hydrogen-bond donors (Lipinski definition) is 2. The Morgan fingerprint density at radius 1 is 1.29 bits per heavy atom. The van der Waals surface area contributed by atoms with Gasteiger partial charge >= 0.3 is 0 Å². The Labute approximate surface area is 101 Å². The summed E-state index contributed by atoms with van der Waals surface area (Å²) in [5, 5.41) is 2.62. The molecule has 1 rings (SSSR count). The van der Waals surface area contributed by atoms with E-state index in [0.29, 0.717) is 6.42 Å². The van der Waals surface area contributed by atoms with E-state index >= 15 is 0 Å². The van der Waals surface area contributed by atoms with Gasteiger partial charge in [-0.05, 0) is 18.9 Å². The first kappa shape index (κ1) is 13.2. The van der Waals surface area contributed by atoms with Crippen molar-refractivity contribution in [1.82, 2.24) is 5.32 Å². The van der Waals surface area contributed by atoms with E-state index in [9.17, 15) is 9.59 Å². The predicted octanol–water partition coefficient (Wildman–Crippen LogP) is 1.17. The van der Waals surface area contributed by atoms with Gasteiger partial charge < -0.3 is 11.1 Å². The summed E-state index contributed by atoms with van der Waals surface area (Å²) in [5.41, 5.74) is 6.06. The van der Waals surface area contributed by atoms with Gasteiger partial charge in [-0.2, -0.15) is 0 Å². The molecule has 0 saturated carbocycles. The van der Waals surface area contributed by atoms with Crippen LogP contribution >= 0.6 is 0 Å². The molecule has 0 aliphatic heterocycles. The van der Waals surface area contributed by atoms with Crippen molar-refractivity contribution in [3.05, 3.63) is 35.9 Å². The third-order valence-corrected chi connectivity index (χ3v) is 2.71. The van der Waals surface area contributed by atoms with E-state index in [0.717, 1.165) is 5.56 Å². The topological polar surface area (TPSA) is 72.2 Å². The van der Waals surface area contributed by atoms with Crippen molar-refractivity contribution in [3.8, 4) is 0 Å². The van der Waals surface area contributed by atoms with E-state index in [2.05, 4.69) is 5.32 Å². The Hall–Kier alpha value is -1.84. The van der Waals surface area contributed by atoms with Crippen LogP contribution in [0.3, 0.4) is 0 Å². The number of rotatable bonds is 5. The summed E-state index contributed by atoms with van der Waals surface area (Å²) < 4.78 is 0. The smallest absolute Gasteiger partial charge is 0.239 e. The Kier molecular flexibility index (Phi) is 4.69. The second-order valence-corrected chi connectivity index (χ2v) is 4.00. The fourth-order valence-corrected chi connectivity index (χ4v) is 1.64. The number of hydrogen-bond acceptors (Lipinski definition) is 2. The Morgan fingerprint density at radius 3 is 2.35 bits per heavy atom. The number of benzene rings is 1. The zero-order chi connectivity index (χ0) is 12.8.